The maximum atomic E-state index is 2.47. The summed E-state index contributed by atoms with van der Waals surface area (Å²) < 4.78 is 0. The molecular formula is C48H26. The van der Waals surface area contributed by atoms with Gasteiger partial charge < -0.3 is 0 Å². The Kier molecular flexibility index (Phi) is 4.55. The maximum absolute atomic E-state index is 2.47. The third-order valence-electron chi connectivity index (χ3n) is 11.3. The van der Waals surface area contributed by atoms with Crippen LogP contribution in [0.5, 0.6) is 0 Å². The zero-order chi connectivity index (χ0) is 31.1. The molecule has 0 radical (unpaired) electrons. The monoisotopic (exact) mass is 602 g/mol. The number of fused-ring (bicyclic) bond motifs is 13. The van der Waals surface area contributed by atoms with Crippen LogP contribution < -0.4 is 0 Å². The van der Waals surface area contributed by atoms with Gasteiger partial charge in [0.1, 0.15) is 0 Å². The molecule has 2 aliphatic rings. The first-order chi connectivity index (χ1) is 23.8. The number of rotatable bonds is 1. The predicted octanol–water partition coefficient (Wildman–Crippen LogP) is 13.6. The Hall–Kier alpha value is -6.24. The van der Waals surface area contributed by atoms with Crippen molar-refractivity contribution in [2.24, 2.45) is 0 Å². The van der Waals surface area contributed by atoms with Crippen LogP contribution in [0.4, 0.5) is 0 Å². The van der Waals surface area contributed by atoms with Crippen molar-refractivity contribution in [2.75, 3.05) is 0 Å². The van der Waals surface area contributed by atoms with Gasteiger partial charge in [0.25, 0.3) is 0 Å². The standard InChI is InChI=1S/C48H26/c1-2-7-27(8-3-1)29-15-18-33-32(21-29)24-46-43-23-31-17-20-34-35(41(31)26-45(43)39-14-6-13-36(33)48(39)46)19-16-30-22-42-37-11-4-9-28-10-5-12-38(47(28)37)44(42)25-40(30)34/h1-26H. The van der Waals surface area contributed by atoms with Crippen molar-refractivity contribution in [3.05, 3.63) is 158 Å². The number of hydrogen-bond acceptors (Lipinski definition) is 0. The lowest BCUT2D eigenvalue weighted by atomic mass is 9.91. The molecule has 0 saturated carbocycles. The SMILES string of the molecule is c1ccc(-c2ccc3c(c2)cc2c4c(cccc43)-c3cc4c(ccc5c6cc7c(cc6ccc45)-c4cccc5cccc-7c45)cc3-2)cc1. The largest absolute Gasteiger partial charge is 0.0622 e. The molecule has 0 saturated heterocycles. The fraction of sp³-hybridized carbons (Fsp3) is 0. The van der Waals surface area contributed by atoms with Gasteiger partial charge in [-0.3, -0.25) is 0 Å². The average Bonchev–Trinajstić information content (AvgIpc) is 3.63. The van der Waals surface area contributed by atoms with Crippen molar-refractivity contribution in [3.8, 4) is 55.6 Å². The molecule has 0 spiro atoms. The first-order valence-corrected chi connectivity index (χ1v) is 16.8. The Labute approximate surface area is 277 Å². The van der Waals surface area contributed by atoms with Crippen molar-refractivity contribution < 1.29 is 0 Å². The summed E-state index contributed by atoms with van der Waals surface area (Å²) in [7, 11) is 0. The second-order valence-electron chi connectivity index (χ2n) is 13.6. The number of hydrogen-bond donors (Lipinski definition) is 0. The molecule has 0 atom stereocenters. The summed E-state index contributed by atoms with van der Waals surface area (Å²) in [6.45, 7) is 0. The van der Waals surface area contributed by atoms with E-state index in [-0.39, 0.29) is 0 Å². The highest BCUT2D eigenvalue weighted by atomic mass is 14.3. The third kappa shape index (κ3) is 3.10. The van der Waals surface area contributed by atoms with Gasteiger partial charge in [-0.25, -0.2) is 0 Å². The lowest BCUT2D eigenvalue weighted by Crippen LogP contribution is -1.85. The quantitative estimate of drug-likeness (QED) is 0.164. The Morgan fingerprint density at radius 3 is 1.46 bits per heavy atom. The predicted molar refractivity (Wildman–Crippen MR) is 206 cm³/mol. The summed E-state index contributed by atoms with van der Waals surface area (Å²) in [4.78, 5) is 0. The molecule has 0 fully saturated rings. The van der Waals surface area contributed by atoms with Crippen molar-refractivity contribution in [3.63, 3.8) is 0 Å². The van der Waals surface area contributed by atoms with E-state index < -0.39 is 0 Å². The minimum absolute atomic E-state index is 1.25. The lowest BCUT2D eigenvalue weighted by molar-refractivity contribution is 1.65. The average molecular weight is 603 g/mol. The van der Waals surface area contributed by atoms with Crippen LogP contribution in [0.2, 0.25) is 0 Å². The molecule has 2 aliphatic carbocycles. The van der Waals surface area contributed by atoms with E-state index in [9.17, 15) is 0 Å². The van der Waals surface area contributed by atoms with Crippen LogP contribution in [0, 0.1) is 0 Å². The van der Waals surface area contributed by atoms with Crippen LogP contribution in [0.25, 0.3) is 120 Å². The van der Waals surface area contributed by atoms with Gasteiger partial charge in [0.2, 0.25) is 0 Å². The number of benzene rings is 10. The van der Waals surface area contributed by atoms with Crippen LogP contribution in [-0.2, 0) is 0 Å². The molecule has 0 heterocycles. The highest BCUT2D eigenvalue weighted by Crippen LogP contribution is 2.52. The van der Waals surface area contributed by atoms with Crippen molar-refractivity contribution in [1.82, 2.24) is 0 Å². The summed E-state index contributed by atoms with van der Waals surface area (Å²) >= 11 is 0. The van der Waals surface area contributed by atoms with Crippen LogP contribution in [0.1, 0.15) is 0 Å². The van der Waals surface area contributed by atoms with Gasteiger partial charge in [0, 0.05) is 0 Å². The van der Waals surface area contributed by atoms with Gasteiger partial charge in [0.05, 0.1) is 0 Å². The molecule has 48 heavy (non-hydrogen) atoms. The normalized spacial score (nSPS) is 12.6. The first kappa shape index (κ1) is 24.9. The molecule has 218 valence electrons. The summed E-state index contributed by atoms with van der Waals surface area (Å²) in [6.07, 6.45) is 0. The van der Waals surface area contributed by atoms with Crippen LogP contribution >= 0.6 is 0 Å². The van der Waals surface area contributed by atoms with Gasteiger partial charge in [-0.15, -0.1) is 0 Å². The van der Waals surface area contributed by atoms with E-state index in [0.717, 1.165) is 0 Å². The van der Waals surface area contributed by atoms with E-state index >= 15 is 0 Å². The smallest absolute Gasteiger partial charge is 0.00199 e. The molecule has 0 aromatic heterocycles. The fourth-order valence-electron chi connectivity index (χ4n) is 9.12. The molecule has 0 aliphatic heterocycles. The molecule has 10 aromatic rings. The highest BCUT2D eigenvalue weighted by Gasteiger charge is 2.25. The molecule has 0 amide bonds. The Bertz CT molecular complexity index is 3080. The minimum Gasteiger partial charge on any atom is -0.0622 e. The van der Waals surface area contributed by atoms with Crippen molar-refractivity contribution >= 4 is 64.6 Å². The van der Waals surface area contributed by atoms with Crippen LogP contribution in [-0.4, -0.2) is 0 Å². The molecule has 0 unspecified atom stereocenters. The highest BCUT2D eigenvalue weighted by molar-refractivity contribution is 6.27. The van der Waals surface area contributed by atoms with Gasteiger partial charge in [0.15, 0.2) is 0 Å². The molecule has 10 aromatic carbocycles. The summed E-state index contributed by atoms with van der Waals surface area (Å²) in [6, 6.07) is 59.5. The zero-order valence-corrected chi connectivity index (χ0v) is 26.0. The maximum Gasteiger partial charge on any atom is -0.00199 e. The van der Waals surface area contributed by atoms with E-state index in [4.69, 9.17) is 0 Å². The summed E-state index contributed by atoms with van der Waals surface area (Å²) in [5.74, 6) is 0. The van der Waals surface area contributed by atoms with Gasteiger partial charge in [-0.1, -0.05) is 121 Å². The molecular weight excluding hydrogens is 577 g/mol. The first-order valence-electron chi connectivity index (χ1n) is 16.8. The second-order valence-corrected chi connectivity index (χ2v) is 13.6. The van der Waals surface area contributed by atoms with E-state index in [1.54, 1.807) is 0 Å². The zero-order valence-electron chi connectivity index (χ0n) is 26.0. The molecule has 0 heteroatoms. The van der Waals surface area contributed by atoms with Crippen LogP contribution in [0.3, 0.4) is 0 Å². The molecule has 0 N–H and O–H groups in total. The second kappa shape index (κ2) is 8.76. The van der Waals surface area contributed by atoms with Crippen LogP contribution in [0.15, 0.2) is 158 Å². The lowest BCUT2D eigenvalue weighted by Gasteiger charge is -2.12. The third-order valence-corrected chi connectivity index (χ3v) is 11.3. The van der Waals surface area contributed by atoms with Gasteiger partial charge in [-0.2, -0.15) is 0 Å². The topological polar surface area (TPSA) is 0 Å². The Balaban J connectivity index is 1.09. The molecule has 12 rings (SSSR count). The van der Waals surface area contributed by atoms with Gasteiger partial charge >= 0.3 is 0 Å². The van der Waals surface area contributed by atoms with Crippen molar-refractivity contribution in [2.45, 2.75) is 0 Å². The minimum atomic E-state index is 1.25. The van der Waals surface area contributed by atoms with E-state index in [2.05, 4.69) is 158 Å². The van der Waals surface area contributed by atoms with Gasteiger partial charge in [-0.05, 0) is 157 Å². The van der Waals surface area contributed by atoms with E-state index in [1.165, 1.54) is 120 Å². The fourth-order valence-corrected chi connectivity index (χ4v) is 9.12. The summed E-state index contributed by atoms with van der Waals surface area (Å²) in [5.41, 5.74) is 13.3. The van der Waals surface area contributed by atoms with Crippen molar-refractivity contribution in [1.29, 1.82) is 0 Å². The molecule has 0 bridgehead atoms. The molecule has 0 nitrogen and oxygen atoms in total. The summed E-state index contributed by atoms with van der Waals surface area (Å²) in [5, 5.41) is 15.9. The van der Waals surface area contributed by atoms with E-state index in [0.29, 0.717) is 0 Å². The Morgan fingerprint density at radius 1 is 0.208 bits per heavy atom. The Morgan fingerprint density at radius 2 is 0.771 bits per heavy atom. The van der Waals surface area contributed by atoms with E-state index in [1.807, 2.05) is 0 Å².